The summed E-state index contributed by atoms with van der Waals surface area (Å²) in [7, 11) is 4.97. The zero-order valence-electron chi connectivity index (χ0n) is 12.3. The summed E-state index contributed by atoms with van der Waals surface area (Å²) in [4.78, 5) is 13.6. The van der Waals surface area contributed by atoms with E-state index in [0.717, 1.165) is 0 Å². The number of hydrogen-bond donors (Lipinski definition) is 1. The van der Waals surface area contributed by atoms with Gasteiger partial charge in [0.1, 0.15) is 11.4 Å². The molecule has 0 aromatic heterocycles. The van der Waals surface area contributed by atoms with E-state index in [4.69, 9.17) is 4.74 Å². The second-order valence-electron chi connectivity index (χ2n) is 4.96. The normalized spacial score (nSPS) is 15.5. The van der Waals surface area contributed by atoms with Gasteiger partial charge in [-0.05, 0) is 24.1 Å². The van der Waals surface area contributed by atoms with Crippen molar-refractivity contribution in [2.75, 3.05) is 21.2 Å². The molecule has 0 unspecified atom stereocenters. The fraction of sp³-hybridized carbons (Fsp3) is 0.533. The number of benzene rings is 1. The van der Waals surface area contributed by atoms with Crippen LogP contribution >= 0.6 is 0 Å². The van der Waals surface area contributed by atoms with Crippen molar-refractivity contribution in [2.24, 2.45) is 5.92 Å². The Kier molecular flexibility index (Phi) is 4.95. The molecule has 1 aromatic carbocycles. The average molecular weight is 265 g/mol. The molecule has 1 rings (SSSR count). The van der Waals surface area contributed by atoms with Gasteiger partial charge in [0.05, 0.1) is 13.0 Å². The Morgan fingerprint density at radius 1 is 1.47 bits per heavy atom. The zero-order valence-corrected chi connectivity index (χ0v) is 12.3. The van der Waals surface area contributed by atoms with E-state index in [1.807, 2.05) is 25.1 Å². The molecule has 0 aliphatic heterocycles. The number of nitrogens with zero attached hydrogens (tertiary/aromatic N) is 1. The molecule has 0 heterocycles. The van der Waals surface area contributed by atoms with E-state index >= 15 is 0 Å². The molecule has 0 radical (unpaired) electrons. The van der Waals surface area contributed by atoms with E-state index in [9.17, 15) is 9.90 Å². The molecule has 1 amide bonds. The van der Waals surface area contributed by atoms with Crippen LogP contribution in [0.1, 0.15) is 25.8 Å². The van der Waals surface area contributed by atoms with Crippen molar-refractivity contribution in [3.8, 4) is 5.75 Å². The average Bonchev–Trinajstić information content (AvgIpc) is 2.44. The predicted molar refractivity (Wildman–Crippen MR) is 75.0 cm³/mol. The van der Waals surface area contributed by atoms with Gasteiger partial charge in [0, 0.05) is 14.1 Å². The number of carbonyl (C=O) groups is 1. The first-order chi connectivity index (χ1) is 8.86. The highest BCUT2D eigenvalue weighted by molar-refractivity contribution is 5.79. The summed E-state index contributed by atoms with van der Waals surface area (Å²) in [6.07, 6.45) is 0.459. The SMILES string of the molecule is CC[C@@](O)(c1cccc(OC)c1)[C@H](C)C(=O)N(C)C. The summed E-state index contributed by atoms with van der Waals surface area (Å²) in [5.74, 6) is 0.0700. The third-order valence-corrected chi connectivity index (χ3v) is 3.64. The number of rotatable bonds is 5. The number of aliphatic hydroxyl groups is 1. The molecular formula is C15H23NO3. The van der Waals surface area contributed by atoms with Crippen molar-refractivity contribution in [2.45, 2.75) is 25.9 Å². The van der Waals surface area contributed by atoms with E-state index in [2.05, 4.69) is 0 Å². The Morgan fingerprint density at radius 3 is 2.58 bits per heavy atom. The van der Waals surface area contributed by atoms with E-state index in [1.165, 1.54) is 4.90 Å². The van der Waals surface area contributed by atoms with Gasteiger partial charge in [-0.25, -0.2) is 0 Å². The predicted octanol–water partition coefficient (Wildman–Crippen LogP) is 2.02. The highest BCUT2D eigenvalue weighted by Gasteiger charge is 2.39. The van der Waals surface area contributed by atoms with Crippen molar-refractivity contribution in [1.29, 1.82) is 0 Å². The van der Waals surface area contributed by atoms with E-state index in [0.29, 0.717) is 17.7 Å². The Balaban J connectivity index is 3.18. The molecule has 0 aliphatic carbocycles. The topological polar surface area (TPSA) is 49.8 Å². The fourth-order valence-corrected chi connectivity index (χ4v) is 2.24. The summed E-state index contributed by atoms with van der Waals surface area (Å²) in [6.45, 7) is 3.63. The van der Waals surface area contributed by atoms with Crippen LogP contribution in [0.2, 0.25) is 0 Å². The van der Waals surface area contributed by atoms with Gasteiger partial charge in [-0.1, -0.05) is 26.0 Å². The van der Waals surface area contributed by atoms with Crippen molar-refractivity contribution >= 4 is 5.91 Å². The summed E-state index contributed by atoms with van der Waals surface area (Å²) in [5, 5.41) is 10.9. The first-order valence-electron chi connectivity index (χ1n) is 6.44. The van der Waals surface area contributed by atoms with Crippen LogP contribution in [0, 0.1) is 5.92 Å². The standard InChI is InChI=1S/C15H23NO3/c1-6-15(18,11(2)14(17)16(3)4)12-8-7-9-13(10-12)19-5/h7-11,18H,6H2,1-5H3/t11-,15+/m1/s1. The molecule has 0 spiro atoms. The van der Waals surface area contributed by atoms with E-state index in [1.54, 1.807) is 34.2 Å². The van der Waals surface area contributed by atoms with E-state index in [-0.39, 0.29) is 5.91 Å². The Morgan fingerprint density at radius 2 is 2.11 bits per heavy atom. The molecular weight excluding hydrogens is 242 g/mol. The Labute approximate surface area is 115 Å². The fourth-order valence-electron chi connectivity index (χ4n) is 2.24. The van der Waals surface area contributed by atoms with Crippen LogP contribution in [-0.4, -0.2) is 37.1 Å². The maximum absolute atomic E-state index is 12.1. The van der Waals surface area contributed by atoms with E-state index < -0.39 is 11.5 Å². The smallest absolute Gasteiger partial charge is 0.228 e. The van der Waals surface area contributed by atoms with Crippen LogP contribution in [0.25, 0.3) is 0 Å². The van der Waals surface area contributed by atoms with Gasteiger partial charge in [0.25, 0.3) is 0 Å². The zero-order chi connectivity index (χ0) is 14.6. The van der Waals surface area contributed by atoms with Crippen molar-refractivity contribution in [1.82, 2.24) is 4.90 Å². The first kappa shape index (κ1) is 15.5. The van der Waals surface area contributed by atoms with Crippen LogP contribution < -0.4 is 4.74 Å². The van der Waals surface area contributed by atoms with Gasteiger partial charge in [-0.15, -0.1) is 0 Å². The van der Waals surface area contributed by atoms with Gasteiger partial charge < -0.3 is 14.7 Å². The minimum absolute atomic E-state index is 0.0906. The highest BCUT2D eigenvalue weighted by Crippen LogP contribution is 2.35. The second kappa shape index (κ2) is 6.06. The summed E-state index contributed by atoms with van der Waals surface area (Å²) in [6, 6.07) is 7.24. The maximum Gasteiger partial charge on any atom is 0.228 e. The van der Waals surface area contributed by atoms with Crippen LogP contribution in [0.3, 0.4) is 0 Å². The van der Waals surface area contributed by atoms with Crippen molar-refractivity contribution < 1.29 is 14.6 Å². The van der Waals surface area contributed by atoms with Gasteiger partial charge in [-0.2, -0.15) is 0 Å². The number of ether oxygens (including phenoxy) is 1. The van der Waals surface area contributed by atoms with Crippen molar-refractivity contribution in [3.05, 3.63) is 29.8 Å². The maximum atomic E-state index is 12.1. The Bertz CT molecular complexity index is 445. The molecule has 0 bridgehead atoms. The summed E-state index contributed by atoms with van der Waals surface area (Å²) < 4.78 is 5.18. The van der Waals surface area contributed by atoms with Crippen molar-refractivity contribution in [3.63, 3.8) is 0 Å². The van der Waals surface area contributed by atoms with Crippen LogP contribution in [-0.2, 0) is 10.4 Å². The molecule has 1 aromatic rings. The largest absolute Gasteiger partial charge is 0.497 e. The molecule has 0 fully saturated rings. The minimum Gasteiger partial charge on any atom is -0.497 e. The lowest BCUT2D eigenvalue weighted by atomic mass is 9.79. The molecule has 0 saturated heterocycles. The number of hydrogen-bond acceptors (Lipinski definition) is 3. The molecule has 0 aliphatic rings. The van der Waals surface area contributed by atoms with Crippen LogP contribution in [0.15, 0.2) is 24.3 Å². The molecule has 1 N–H and O–H groups in total. The number of amides is 1. The van der Waals surface area contributed by atoms with Gasteiger partial charge in [-0.3, -0.25) is 4.79 Å². The van der Waals surface area contributed by atoms with Gasteiger partial charge in [0.2, 0.25) is 5.91 Å². The minimum atomic E-state index is -1.18. The quantitative estimate of drug-likeness (QED) is 0.886. The van der Waals surface area contributed by atoms with Crippen LogP contribution in [0.5, 0.6) is 5.75 Å². The van der Waals surface area contributed by atoms with Crippen LogP contribution in [0.4, 0.5) is 0 Å². The molecule has 4 nitrogen and oxygen atoms in total. The lowest BCUT2D eigenvalue weighted by Crippen LogP contribution is -2.42. The molecule has 0 saturated carbocycles. The highest BCUT2D eigenvalue weighted by atomic mass is 16.5. The molecule has 4 heteroatoms. The van der Waals surface area contributed by atoms with Gasteiger partial charge in [0.15, 0.2) is 0 Å². The third kappa shape index (κ3) is 3.07. The summed E-state index contributed by atoms with van der Waals surface area (Å²) in [5.41, 5.74) is -0.479. The molecule has 106 valence electrons. The Hall–Kier alpha value is -1.55. The number of carbonyl (C=O) groups excluding carboxylic acids is 1. The third-order valence-electron chi connectivity index (χ3n) is 3.64. The molecule has 2 atom stereocenters. The molecule has 19 heavy (non-hydrogen) atoms. The number of methoxy groups -OCH3 is 1. The lowest BCUT2D eigenvalue weighted by molar-refractivity contribution is -0.143. The lowest BCUT2D eigenvalue weighted by Gasteiger charge is -2.34. The van der Waals surface area contributed by atoms with Gasteiger partial charge >= 0.3 is 0 Å². The monoisotopic (exact) mass is 265 g/mol. The first-order valence-corrected chi connectivity index (χ1v) is 6.44. The summed E-state index contributed by atoms with van der Waals surface area (Å²) >= 11 is 0. The second-order valence-corrected chi connectivity index (χ2v) is 4.96.